The third kappa shape index (κ3) is 2.95. The highest BCUT2D eigenvalue weighted by molar-refractivity contribution is 5.92. The maximum absolute atomic E-state index is 11.3. The number of aliphatic hydroxyl groups excluding tert-OH is 1. The number of methoxy groups -OCH3 is 1. The van der Waals surface area contributed by atoms with Crippen LogP contribution >= 0.6 is 0 Å². The van der Waals surface area contributed by atoms with Crippen LogP contribution in [-0.4, -0.2) is 24.5 Å². The molecule has 0 spiro atoms. The largest absolute Gasteiger partial charge is 0.465 e. The van der Waals surface area contributed by atoms with Gasteiger partial charge in [-0.2, -0.15) is 0 Å². The van der Waals surface area contributed by atoms with E-state index in [4.69, 9.17) is 9.84 Å². The van der Waals surface area contributed by atoms with Crippen LogP contribution in [0, 0.1) is 6.92 Å². The van der Waals surface area contributed by atoms with E-state index in [1.54, 1.807) is 18.2 Å². The van der Waals surface area contributed by atoms with Crippen molar-refractivity contribution in [3.8, 4) is 5.75 Å². The monoisotopic (exact) mass is 210 g/mol. The van der Waals surface area contributed by atoms with Crippen molar-refractivity contribution in [2.75, 3.05) is 7.11 Å². The number of carbonyl (C=O) groups excluding carboxylic acids is 1. The molecule has 0 fully saturated rings. The maximum Gasteiger partial charge on any atom is 0.341 e. The molecule has 1 N–H and O–H groups in total. The van der Waals surface area contributed by atoms with Crippen molar-refractivity contribution < 1.29 is 19.4 Å². The number of esters is 1. The van der Waals surface area contributed by atoms with E-state index in [0.717, 1.165) is 5.56 Å². The second-order valence-electron chi connectivity index (χ2n) is 3.21. The van der Waals surface area contributed by atoms with Gasteiger partial charge in [0.2, 0.25) is 0 Å². The van der Waals surface area contributed by atoms with Crippen LogP contribution in [-0.2, 0) is 4.74 Å². The van der Waals surface area contributed by atoms with E-state index in [-0.39, 0.29) is 0 Å². The van der Waals surface area contributed by atoms with Crippen LogP contribution in [0.3, 0.4) is 0 Å². The Balaban J connectivity index is 3.08. The minimum absolute atomic E-state index is 0.309. The molecule has 0 saturated heterocycles. The van der Waals surface area contributed by atoms with E-state index in [1.165, 1.54) is 14.0 Å². The minimum atomic E-state index is -0.963. The summed E-state index contributed by atoms with van der Waals surface area (Å²) in [6.45, 7) is 3.35. The van der Waals surface area contributed by atoms with Gasteiger partial charge >= 0.3 is 5.97 Å². The van der Waals surface area contributed by atoms with Gasteiger partial charge in [-0.05, 0) is 31.5 Å². The third-order valence-electron chi connectivity index (χ3n) is 1.84. The second-order valence-corrected chi connectivity index (χ2v) is 3.21. The molecule has 4 heteroatoms. The first-order valence-electron chi connectivity index (χ1n) is 4.58. The summed E-state index contributed by atoms with van der Waals surface area (Å²) in [5.74, 6) is -0.150. The molecule has 82 valence electrons. The standard InChI is InChI=1S/C11H14O4/c1-7-4-5-9(11(13)14-3)10(6-7)15-8(2)12/h4-6,8,12H,1-3H3. The molecule has 0 amide bonds. The first-order valence-corrected chi connectivity index (χ1v) is 4.58. The molecular formula is C11H14O4. The number of benzene rings is 1. The first kappa shape index (κ1) is 11.5. The summed E-state index contributed by atoms with van der Waals surface area (Å²) in [5.41, 5.74) is 1.25. The summed E-state index contributed by atoms with van der Waals surface area (Å²) in [4.78, 5) is 11.3. The third-order valence-corrected chi connectivity index (χ3v) is 1.84. The van der Waals surface area contributed by atoms with E-state index >= 15 is 0 Å². The first-order chi connectivity index (χ1) is 7.04. The van der Waals surface area contributed by atoms with Gasteiger partial charge in [0.25, 0.3) is 0 Å². The van der Waals surface area contributed by atoms with E-state index in [2.05, 4.69) is 4.74 Å². The van der Waals surface area contributed by atoms with Crippen molar-refractivity contribution in [1.82, 2.24) is 0 Å². The predicted molar refractivity (Wildman–Crippen MR) is 54.8 cm³/mol. The van der Waals surface area contributed by atoms with Gasteiger partial charge in [0.15, 0.2) is 6.29 Å². The van der Waals surface area contributed by atoms with Crippen molar-refractivity contribution in [3.63, 3.8) is 0 Å². The highest BCUT2D eigenvalue weighted by Crippen LogP contribution is 2.21. The Kier molecular flexibility index (Phi) is 3.68. The summed E-state index contributed by atoms with van der Waals surface area (Å²) in [6, 6.07) is 5.07. The van der Waals surface area contributed by atoms with Gasteiger partial charge in [-0.1, -0.05) is 6.07 Å². The smallest absolute Gasteiger partial charge is 0.341 e. The van der Waals surface area contributed by atoms with E-state index in [0.29, 0.717) is 11.3 Å². The molecule has 0 heterocycles. The minimum Gasteiger partial charge on any atom is -0.465 e. The normalized spacial score (nSPS) is 12.0. The van der Waals surface area contributed by atoms with E-state index in [9.17, 15) is 4.79 Å². The molecule has 4 nitrogen and oxygen atoms in total. The molecule has 0 radical (unpaired) electrons. The van der Waals surface area contributed by atoms with Crippen LogP contribution in [0.15, 0.2) is 18.2 Å². The van der Waals surface area contributed by atoms with Crippen LogP contribution in [0.25, 0.3) is 0 Å². The fraction of sp³-hybridized carbons (Fsp3) is 0.364. The number of aryl methyl sites for hydroxylation is 1. The van der Waals surface area contributed by atoms with Gasteiger partial charge in [0.05, 0.1) is 7.11 Å². The topological polar surface area (TPSA) is 55.8 Å². The Bertz CT molecular complexity index is 358. The lowest BCUT2D eigenvalue weighted by Crippen LogP contribution is -2.13. The lowest BCUT2D eigenvalue weighted by atomic mass is 10.1. The SMILES string of the molecule is COC(=O)c1ccc(C)cc1OC(C)O. The van der Waals surface area contributed by atoms with E-state index in [1.807, 2.05) is 6.92 Å². The molecule has 0 aliphatic carbocycles. The Morgan fingerprint density at radius 3 is 2.67 bits per heavy atom. The molecule has 1 atom stereocenters. The Labute approximate surface area is 88.4 Å². The zero-order chi connectivity index (χ0) is 11.4. The fourth-order valence-corrected chi connectivity index (χ4v) is 1.19. The molecule has 15 heavy (non-hydrogen) atoms. The van der Waals surface area contributed by atoms with Crippen LogP contribution in [0.4, 0.5) is 0 Å². The van der Waals surface area contributed by atoms with Crippen LogP contribution in [0.1, 0.15) is 22.8 Å². The highest BCUT2D eigenvalue weighted by atomic mass is 16.6. The molecule has 0 aliphatic rings. The molecule has 1 aromatic rings. The van der Waals surface area contributed by atoms with Crippen molar-refractivity contribution in [2.45, 2.75) is 20.1 Å². The zero-order valence-electron chi connectivity index (χ0n) is 8.98. The average molecular weight is 210 g/mol. The summed E-state index contributed by atoms with van der Waals surface area (Å²) in [7, 11) is 1.30. The number of ether oxygens (including phenoxy) is 2. The lowest BCUT2D eigenvalue weighted by Gasteiger charge is -2.12. The number of hydrogen-bond donors (Lipinski definition) is 1. The number of aliphatic hydroxyl groups is 1. The van der Waals surface area contributed by atoms with Gasteiger partial charge in [-0.15, -0.1) is 0 Å². The molecule has 1 rings (SSSR count). The number of carbonyl (C=O) groups is 1. The highest BCUT2D eigenvalue weighted by Gasteiger charge is 2.14. The summed E-state index contributed by atoms with van der Waals surface area (Å²) >= 11 is 0. The molecule has 0 aliphatic heterocycles. The van der Waals surface area contributed by atoms with Crippen molar-refractivity contribution in [3.05, 3.63) is 29.3 Å². The second kappa shape index (κ2) is 4.79. The molecule has 0 saturated carbocycles. The molecule has 1 aromatic carbocycles. The number of rotatable bonds is 3. The zero-order valence-corrected chi connectivity index (χ0v) is 8.98. The van der Waals surface area contributed by atoms with Crippen LogP contribution in [0.5, 0.6) is 5.75 Å². The summed E-state index contributed by atoms with van der Waals surface area (Å²) in [5, 5.41) is 9.10. The van der Waals surface area contributed by atoms with E-state index < -0.39 is 12.3 Å². The van der Waals surface area contributed by atoms with Gasteiger partial charge in [0.1, 0.15) is 11.3 Å². The van der Waals surface area contributed by atoms with Gasteiger partial charge in [-0.3, -0.25) is 0 Å². The fourth-order valence-electron chi connectivity index (χ4n) is 1.19. The molecular weight excluding hydrogens is 196 g/mol. The molecule has 0 bridgehead atoms. The molecule has 0 aromatic heterocycles. The van der Waals surface area contributed by atoms with Crippen molar-refractivity contribution in [2.24, 2.45) is 0 Å². The van der Waals surface area contributed by atoms with Gasteiger partial charge in [-0.25, -0.2) is 4.79 Å². The Hall–Kier alpha value is -1.55. The number of hydrogen-bond acceptors (Lipinski definition) is 4. The quantitative estimate of drug-likeness (QED) is 0.606. The van der Waals surface area contributed by atoms with Crippen LogP contribution < -0.4 is 4.74 Å². The summed E-state index contributed by atoms with van der Waals surface area (Å²) < 4.78 is 9.70. The Morgan fingerprint density at radius 2 is 2.13 bits per heavy atom. The lowest BCUT2D eigenvalue weighted by molar-refractivity contribution is -0.00139. The van der Waals surface area contributed by atoms with Crippen LogP contribution in [0.2, 0.25) is 0 Å². The Morgan fingerprint density at radius 1 is 1.47 bits per heavy atom. The average Bonchev–Trinajstić information content (AvgIpc) is 2.16. The summed E-state index contributed by atoms with van der Waals surface area (Å²) in [6.07, 6.45) is -0.963. The predicted octanol–water partition coefficient (Wildman–Crippen LogP) is 1.50. The molecule has 1 unspecified atom stereocenters. The maximum atomic E-state index is 11.3. The van der Waals surface area contributed by atoms with Crippen molar-refractivity contribution in [1.29, 1.82) is 0 Å². The van der Waals surface area contributed by atoms with Gasteiger partial charge in [0, 0.05) is 0 Å². The van der Waals surface area contributed by atoms with Crippen molar-refractivity contribution >= 4 is 5.97 Å². The van der Waals surface area contributed by atoms with Gasteiger partial charge < -0.3 is 14.6 Å².